The molecule has 1 aromatic heterocycles. The SMILES string of the molecule is CCn1ncc(OC)c1C(O)CCN(C)C. The van der Waals surface area contributed by atoms with Crippen molar-refractivity contribution in [2.24, 2.45) is 0 Å². The Morgan fingerprint density at radius 2 is 2.25 bits per heavy atom. The second kappa shape index (κ2) is 5.86. The van der Waals surface area contributed by atoms with E-state index in [0.29, 0.717) is 12.2 Å². The summed E-state index contributed by atoms with van der Waals surface area (Å²) in [5.74, 6) is 0.660. The van der Waals surface area contributed by atoms with E-state index in [2.05, 4.69) is 5.10 Å². The zero-order valence-electron chi connectivity index (χ0n) is 10.5. The van der Waals surface area contributed by atoms with Crippen LogP contribution in [0.5, 0.6) is 5.75 Å². The first-order valence-electron chi connectivity index (χ1n) is 5.52. The number of aryl methyl sites for hydroxylation is 1. The Morgan fingerprint density at radius 3 is 2.75 bits per heavy atom. The third-order valence-electron chi connectivity index (χ3n) is 2.53. The standard InChI is InChI=1S/C11H21N3O2/c1-5-14-11(10(16-4)8-12-14)9(15)6-7-13(2)3/h8-9,15H,5-7H2,1-4H3. The molecule has 92 valence electrons. The summed E-state index contributed by atoms with van der Waals surface area (Å²) in [4.78, 5) is 2.04. The highest BCUT2D eigenvalue weighted by atomic mass is 16.5. The first kappa shape index (κ1) is 13.0. The van der Waals surface area contributed by atoms with Gasteiger partial charge in [0.1, 0.15) is 11.8 Å². The fourth-order valence-electron chi connectivity index (χ4n) is 1.64. The van der Waals surface area contributed by atoms with Crippen LogP contribution in [-0.2, 0) is 6.54 Å². The first-order chi connectivity index (χ1) is 7.60. The van der Waals surface area contributed by atoms with Crippen LogP contribution in [0.15, 0.2) is 6.20 Å². The Balaban J connectivity index is 2.79. The first-order valence-corrected chi connectivity index (χ1v) is 5.52. The van der Waals surface area contributed by atoms with Gasteiger partial charge in [0.25, 0.3) is 0 Å². The van der Waals surface area contributed by atoms with Gasteiger partial charge in [-0.15, -0.1) is 0 Å². The molecule has 0 aliphatic heterocycles. The van der Waals surface area contributed by atoms with E-state index in [9.17, 15) is 5.11 Å². The van der Waals surface area contributed by atoms with Crippen LogP contribution in [0.3, 0.4) is 0 Å². The molecule has 0 aromatic carbocycles. The van der Waals surface area contributed by atoms with Crippen molar-refractivity contribution < 1.29 is 9.84 Å². The number of ether oxygens (including phenoxy) is 1. The van der Waals surface area contributed by atoms with Gasteiger partial charge in [-0.1, -0.05) is 0 Å². The molecule has 5 nitrogen and oxygen atoms in total. The maximum Gasteiger partial charge on any atom is 0.162 e. The van der Waals surface area contributed by atoms with Crippen molar-refractivity contribution in [2.45, 2.75) is 26.0 Å². The van der Waals surface area contributed by atoms with Crippen molar-refractivity contribution in [1.29, 1.82) is 0 Å². The average Bonchev–Trinajstić information content (AvgIpc) is 2.68. The van der Waals surface area contributed by atoms with Crippen molar-refractivity contribution in [2.75, 3.05) is 27.7 Å². The maximum atomic E-state index is 10.1. The Bertz CT molecular complexity index is 302. The molecule has 1 atom stereocenters. The van der Waals surface area contributed by atoms with Gasteiger partial charge in [0.2, 0.25) is 0 Å². The third kappa shape index (κ3) is 2.96. The monoisotopic (exact) mass is 227 g/mol. The summed E-state index contributed by atoms with van der Waals surface area (Å²) in [6.45, 7) is 3.56. The van der Waals surface area contributed by atoms with Gasteiger partial charge in [0.05, 0.1) is 13.3 Å². The molecule has 1 rings (SSSR count). The Kier molecular flexibility index (Phi) is 4.76. The minimum Gasteiger partial charge on any atom is -0.493 e. The van der Waals surface area contributed by atoms with Gasteiger partial charge < -0.3 is 14.7 Å². The molecule has 0 saturated heterocycles. The summed E-state index contributed by atoms with van der Waals surface area (Å²) in [6.07, 6.45) is 1.80. The second-order valence-electron chi connectivity index (χ2n) is 4.02. The summed E-state index contributed by atoms with van der Waals surface area (Å²) in [5.41, 5.74) is 0.770. The predicted octanol–water partition coefficient (Wildman–Crippen LogP) is 0.897. The fraction of sp³-hybridized carbons (Fsp3) is 0.727. The van der Waals surface area contributed by atoms with Gasteiger partial charge in [0, 0.05) is 13.1 Å². The zero-order chi connectivity index (χ0) is 12.1. The molecule has 5 heteroatoms. The Hall–Kier alpha value is -1.07. The van der Waals surface area contributed by atoms with E-state index < -0.39 is 6.10 Å². The van der Waals surface area contributed by atoms with Crippen LogP contribution >= 0.6 is 0 Å². The summed E-state index contributed by atoms with van der Waals surface area (Å²) >= 11 is 0. The molecule has 1 unspecified atom stereocenters. The molecular weight excluding hydrogens is 206 g/mol. The molecule has 0 bridgehead atoms. The second-order valence-corrected chi connectivity index (χ2v) is 4.02. The van der Waals surface area contributed by atoms with Crippen LogP contribution in [-0.4, -0.2) is 47.5 Å². The van der Waals surface area contributed by atoms with E-state index in [1.807, 2.05) is 25.9 Å². The van der Waals surface area contributed by atoms with Crippen LogP contribution < -0.4 is 4.74 Å². The zero-order valence-corrected chi connectivity index (χ0v) is 10.5. The van der Waals surface area contributed by atoms with Gasteiger partial charge >= 0.3 is 0 Å². The lowest BCUT2D eigenvalue weighted by Crippen LogP contribution is -2.18. The van der Waals surface area contributed by atoms with Crippen molar-refractivity contribution >= 4 is 0 Å². The number of rotatable bonds is 6. The Morgan fingerprint density at radius 1 is 1.56 bits per heavy atom. The minimum absolute atomic E-state index is 0.528. The molecule has 0 aliphatic rings. The quantitative estimate of drug-likeness (QED) is 0.784. The molecule has 0 amide bonds. The van der Waals surface area contributed by atoms with Crippen molar-refractivity contribution in [3.63, 3.8) is 0 Å². The summed E-state index contributed by atoms with van der Waals surface area (Å²) in [7, 11) is 5.57. The van der Waals surface area contributed by atoms with E-state index in [0.717, 1.165) is 18.8 Å². The normalized spacial score (nSPS) is 13.1. The van der Waals surface area contributed by atoms with Crippen molar-refractivity contribution in [3.8, 4) is 5.75 Å². The molecule has 1 N–H and O–H groups in total. The molecule has 1 heterocycles. The van der Waals surface area contributed by atoms with Crippen LogP contribution in [0.1, 0.15) is 25.1 Å². The number of aromatic nitrogens is 2. The molecule has 0 fully saturated rings. The van der Waals surface area contributed by atoms with Crippen molar-refractivity contribution in [3.05, 3.63) is 11.9 Å². The van der Waals surface area contributed by atoms with Crippen molar-refractivity contribution in [1.82, 2.24) is 14.7 Å². The Labute approximate surface area is 96.6 Å². The topological polar surface area (TPSA) is 50.5 Å². The van der Waals surface area contributed by atoms with Gasteiger partial charge in [-0.05, 0) is 27.4 Å². The van der Waals surface area contributed by atoms with Gasteiger partial charge in [-0.3, -0.25) is 4.68 Å². The van der Waals surface area contributed by atoms with Gasteiger partial charge in [-0.2, -0.15) is 5.10 Å². The molecule has 0 spiro atoms. The number of methoxy groups -OCH3 is 1. The summed E-state index contributed by atoms with van der Waals surface area (Å²) in [6, 6.07) is 0. The van der Waals surface area contributed by atoms with E-state index in [1.54, 1.807) is 18.0 Å². The van der Waals surface area contributed by atoms with Crippen LogP contribution in [0.4, 0.5) is 0 Å². The van der Waals surface area contributed by atoms with Crippen LogP contribution in [0, 0.1) is 0 Å². The summed E-state index contributed by atoms with van der Waals surface area (Å²) < 4.78 is 6.98. The number of aliphatic hydroxyl groups excluding tert-OH is 1. The largest absolute Gasteiger partial charge is 0.493 e. The van der Waals surface area contributed by atoms with E-state index in [1.165, 1.54) is 0 Å². The number of hydrogen-bond acceptors (Lipinski definition) is 4. The molecule has 0 saturated carbocycles. The maximum absolute atomic E-state index is 10.1. The highest BCUT2D eigenvalue weighted by molar-refractivity contribution is 5.27. The lowest BCUT2D eigenvalue weighted by atomic mass is 10.1. The highest BCUT2D eigenvalue weighted by Gasteiger charge is 2.19. The lowest BCUT2D eigenvalue weighted by Gasteiger charge is -2.16. The van der Waals surface area contributed by atoms with E-state index in [4.69, 9.17) is 4.74 Å². The summed E-state index contributed by atoms with van der Waals surface area (Å²) in [5, 5.41) is 14.3. The van der Waals surface area contributed by atoms with E-state index >= 15 is 0 Å². The predicted molar refractivity (Wildman–Crippen MR) is 62.6 cm³/mol. The molecule has 0 radical (unpaired) electrons. The number of hydrogen-bond donors (Lipinski definition) is 1. The number of nitrogens with zero attached hydrogens (tertiary/aromatic N) is 3. The lowest BCUT2D eigenvalue weighted by molar-refractivity contribution is 0.141. The molecule has 0 aliphatic carbocycles. The highest BCUT2D eigenvalue weighted by Crippen LogP contribution is 2.26. The smallest absolute Gasteiger partial charge is 0.162 e. The van der Waals surface area contributed by atoms with Gasteiger partial charge in [0.15, 0.2) is 5.75 Å². The van der Waals surface area contributed by atoms with Crippen LogP contribution in [0.25, 0.3) is 0 Å². The molecule has 16 heavy (non-hydrogen) atoms. The fourth-order valence-corrected chi connectivity index (χ4v) is 1.64. The average molecular weight is 227 g/mol. The van der Waals surface area contributed by atoms with E-state index in [-0.39, 0.29) is 0 Å². The number of aliphatic hydroxyl groups is 1. The van der Waals surface area contributed by atoms with Crippen LogP contribution in [0.2, 0.25) is 0 Å². The molecular formula is C11H21N3O2. The minimum atomic E-state index is -0.528. The van der Waals surface area contributed by atoms with Gasteiger partial charge in [-0.25, -0.2) is 0 Å². The third-order valence-corrected chi connectivity index (χ3v) is 2.53. The molecule has 1 aromatic rings.